The van der Waals surface area contributed by atoms with Gasteiger partial charge in [0.15, 0.2) is 0 Å². The minimum atomic E-state index is -0.105. The fraction of sp³-hybridized carbons (Fsp3) is 0.381. The highest BCUT2D eigenvalue weighted by molar-refractivity contribution is 5.74. The molecule has 0 aromatic heterocycles. The molecule has 2 aromatic rings. The molecule has 0 unspecified atom stereocenters. The van der Waals surface area contributed by atoms with Crippen molar-refractivity contribution in [1.82, 2.24) is 10.2 Å². The smallest absolute Gasteiger partial charge is 0.317 e. The van der Waals surface area contributed by atoms with E-state index in [1.165, 1.54) is 5.56 Å². The first-order chi connectivity index (χ1) is 11.4. The van der Waals surface area contributed by atoms with Crippen LogP contribution in [-0.2, 0) is 12.0 Å². The van der Waals surface area contributed by atoms with Gasteiger partial charge in [0.25, 0.3) is 0 Å². The van der Waals surface area contributed by atoms with Crippen molar-refractivity contribution in [3.05, 3.63) is 71.8 Å². The van der Waals surface area contributed by atoms with E-state index in [-0.39, 0.29) is 17.5 Å². The molecule has 0 bridgehead atoms. The topological polar surface area (TPSA) is 32.3 Å². The molecular formula is C21H28N2O. The van der Waals surface area contributed by atoms with Crippen molar-refractivity contribution >= 4 is 6.03 Å². The lowest BCUT2D eigenvalue weighted by Crippen LogP contribution is -2.47. The second kappa shape index (κ2) is 8.00. The molecule has 3 heteroatoms. The molecule has 3 nitrogen and oxygen atoms in total. The highest BCUT2D eigenvalue weighted by atomic mass is 16.2. The van der Waals surface area contributed by atoms with Crippen LogP contribution in [-0.4, -0.2) is 23.5 Å². The molecule has 1 N–H and O–H groups in total. The van der Waals surface area contributed by atoms with Crippen LogP contribution in [0.3, 0.4) is 0 Å². The Morgan fingerprint density at radius 3 is 2.08 bits per heavy atom. The van der Waals surface area contributed by atoms with Gasteiger partial charge >= 0.3 is 6.03 Å². The Bertz CT molecular complexity index is 635. The average Bonchev–Trinajstić information content (AvgIpc) is 2.59. The van der Waals surface area contributed by atoms with Crippen LogP contribution in [0.5, 0.6) is 0 Å². The summed E-state index contributed by atoms with van der Waals surface area (Å²) in [5.41, 5.74) is 2.26. The molecule has 0 atom stereocenters. The summed E-state index contributed by atoms with van der Waals surface area (Å²) in [6.07, 6.45) is 0. The highest BCUT2D eigenvalue weighted by Crippen LogP contribution is 2.22. The third-order valence-electron chi connectivity index (χ3n) is 4.32. The van der Waals surface area contributed by atoms with Crippen LogP contribution in [0.1, 0.15) is 38.8 Å². The van der Waals surface area contributed by atoms with Crippen molar-refractivity contribution in [3.8, 4) is 0 Å². The Kier molecular flexibility index (Phi) is 6.02. The molecule has 0 aliphatic carbocycles. The van der Waals surface area contributed by atoms with Crippen molar-refractivity contribution in [2.45, 2.75) is 45.7 Å². The maximum Gasteiger partial charge on any atom is 0.317 e. The van der Waals surface area contributed by atoms with Gasteiger partial charge in [0.1, 0.15) is 0 Å². The predicted octanol–water partition coefficient (Wildman–Crippen LogP) is 4.58. The number of hydrogen-bond donors (Lipinski definition) is 1. The molecule has 2 rings (SSSR count). The Morgan fingerprint density at radius 1 is 1.00 bits per heavy atom. The van der Waals surface area contributed by atoms with E-state index in [1.807, 2.05) is 55.1 Å². The van der Waals surface area contributed by atoms with Crippen LogP contribution in [0.25, 0.3) is 0 Å². The monoisotopic (exact) mass is 324 g/mol. The van der Waals surface area contributed by atoms with Crippen LogP contribution in [0.15, 0.2) is 60.7 Å². The number of carbonyl (C=O) groups excluding carboxylic acids is 1. The Morgan fingerprint density at radius 2 is 1.54 bits per heavy atom. The molecule has 2 amide bonds. The first-order valence-electron chi connectivity index (χ1n) is 8.54. The summed E-state index contributed by atoms with van der Waals surface area (Å²) in [5, 5.41) is 3.11. The van der Waals surface area contributed by atoms with Crippen LogP contribution in [0, 0.1) is 0 Å². The molecule has 128 valence electrons. The molecule has 0 aliphatic heterocycles. The average molecular weight is 324 g/mol. The zero-order valence-corrected chi connectivity index (χ0v) is 15.1. The van der Waals surface area contributed by atoms with Gasteiger partial charge in [-0.1, -0.05) is 74.5 Å². The third kappa shape index (κ3) is 4.85. The third-order valence-corrected chi connectivity index (χ3v) is 4.32. The van der Waals surface area contributed by atoms with Crippen molar-refractivity contribution in [2.24, 2.45) is 0 Å². The Labute approximate surface area is 145 Å². The molecular weight excluding hydrogens is 296 g/mol. The Hall–Kier alpha value is -2.29. The van der Waals surface area contributed by atoms with E-state index in [9.17, 15) is 4.79 Å². The van der Waals surface area contributed by atoms with E-state index in [4.69, 9.17) is 0 Å². The van der Waals surface area contributed by atoms with Crippen LogP contribution < -0.4 is 5.32 Å². The number of benzene rings is 2. The molecule has 0 saturated heterocycles. The fourth-order valence-electron chi connectivity index (χ4n) is 2.66. The first kappa shape index (κ1) is 18.1. The van der Waals surface area contributed by atoms with Crippen molar-refractivity contribution in [2.75, 3.05) is 6.54 Å². The fourth-order valence-corrected chi connectivity index (χ4v) is 2.66. The van der Waals surface area contributed by atoms with Gasteiger partial charge in [-0.05, 0) is 25.0 Å². The van der Waals surface area contributed by atoms with Crippen LogP contribution in [0.4, 0.5) is 4.79 Å². The van der Waals surface area contributed by atoms with Crippen LogP contribution >= 0.6 is 0 Å². The van der Waals surface area contributed by atoms with Gasteiger partial charge in [0, 0.05) is 24.5 Å². The summed E-state index contributed by atoms with van der Waals surface area (Å²) in [6.45, 7) is 9.62. The summed E-state index contributed by atoms with van der Waals surface area (Å²) in [5.74, 6) is 0. The summed E-state index contributed by atoms with van der Waals surface area (Å²) in [7, 11) is 0. The number of carbonyl (C=O) groups is 1. The maximum atomic E-state index is 12.7. The van der Waals surface area contributed by atoms with Crippen LogP contribution in [0.2, 0.25) is 0 Å². The number of nitrogens with zero attached hydrogens (tertiary/aromatic N) is 1. The lowest BCUT2D eigenvalue weighted by Gasteiger charge is -2.31. The van der Waals surface area contributed by atoms with Gasteiger partial charge in [-0.2, -0.15) is 0 Å². The van der Waals surface area contributed by atoms with Gasteiger partial charge in [-0.15, -0.1) is 0 Å². The van der Waals surface area contributed by atoms with Gasteiger partial charge in [0.2, 0.25) is 0 Å². The molecule has 0 saturated carbocycles. The quantitative estimate of drug-likeness (QED) is 0.828. The second-order valence-electron chi connectivity index (χ2n) is 7.12. The number of urea groups is 1. The molecule has 2 aromatic carbocycles. The van der Waals surface area contributed by atoms with Crippen molar-refractivity contribution < 1.29 is 4.79 Å². The molecule has 24 heavy (non-hydrogen) atoms. The molecule has 0 aliphatic rings. The summed E-state index contributed by atoms with van der Waals surface area (Å²) >= 11 is 0. The van der Waals surface area contributed by atoms with Crippen molar-refractivity contribution in [3.63, 3.8) is 0 Å². The molecule has 0 heterocycles. The number of nitrogens with one attached hydrogen (secondary N) is 1. The summed E-state index contributed by atoms with van der Waals surface area (Å²) in [4.78, 5) is 14.6. The normalized spacial score (nSPS) is 11.4. The van der Waals surface area contributed by atoms with Gasteiger partial charge in [-0.25, -0.2) is 4.79 Å². The van der Waals surface area contributed by atoms with Crippen molar-refractivity contribution in [1.29, 1.82) is 0 Å². The van der Waals surface area contributed by atoms with E-state index in [0.29, 0.717) is 13.1 Å². The predicted molar refractivity (Wildman–Crippen MR) is 100.0 cm³/mol. The molecule has 0 fully saturated rings. The Balaban J connectivity index is 2.00. The van der Waals surface area contributed by atoms with Gasteiger partial charge < -0.3 is 10.2 Å². The van der Waals surface area contributed by atoms with E-state index in [1.54, 1.807) is 0 Å². The highest BCUT2D eigenvalue weighted by Gasteiger charge is 2.23. The van der Waals surface area contributed by atoms with Gasteiger partial charge in [-0.3, -0.25) is 0 Å². The molecule has 0 spiro atoms. The van der Waals surface area contributed by atoms with E-state index < -0.39 is 0 Å². The van der Waals surface area contributed by atoms with E-state index in [0.717, 1.165) is 5.56 Å². The largest absolute Gasteiger partial charge is 0.337 e. The number of amides is 2. The minimum Gasteiger partial charge on any atom is -0.337 e. The van der Waals surface area contributed by atoms with E-state index in [2.05, 4.69) is 43.4 Å². The van der Waals surface area contributed by atoms with E-state index >= 15 is 0 Å². The van der Waals surface area contributed by atoms with Gasteiger partial charge in [0.05, 0.1) is 0 Å². The summed E-state index contributed by atoms with van der Waals surface area (Å²) < 4.78 is 0. The number of hydrogen-bond acceptors (Lipinski definition) is 1. The zero-order chi connectivity index (χ0) is 17.6. The number of rotatable bonds is 6. The second-order valence-corrected chi connectivity index (χ2v) is 7.12. The minimum absolute atomic E-state index is 0.0159. The molecule has 0 radical (unpaired) electrons. The summed E-state index contributed by atoms with van der Waals surface area (Å²) in [6, 6.07) is 20.5. The first-order valence-corrected chi connectivity index (χ1v) is 8.54. The lowest BCUT2D eigenvalue weighted by atomic mass is 9.85. The lowest BCUT2D eigenvalue weighted by molar-refractivity contribution is 0.177. The zero-order valence-electron chi connectivity index (χ0n) is 15.1. The standard InChI is InChI=1S/C21H28N2O/c1-17(2)23(15-18-11-7-5-8-12-18)20(24)22-16-21(3,4)19-13-9-6-10-14-19/h5-14,17H,15-16H2,1-4H3,(H,22,24). The maximum absolute atomic E-state index is 12.7. The SMILES string of the molecule is CC(C)N(Cc1ccccc1)C(=O)NCC(C)(C)c1ccccc1.